The van der Waals surface area contributed by atoms with E-state index in [0.717, 1.165) is 90.4 Å². The van der Waals surface area contributed by atoms with Crippen LogP contribution in [0.3, 0.4) is 0 Å². The van der Waals surface area contributed by atoms with Crippen molar-refractivity contribution < 1.29 is 19.2 Å². The van der Waals surface area contributed by atoms with Gasteiger partial charge >= 0.3 is 0 Å². The number of hydrogen-bond donors (Lipinski definition) is 3. The zero-order valence-corrected chi connectivity index (χ0v) is 25.4. The fourth-order valence-corrected chi connectivity index (χ4v) is 5.71. The Morgan fingerprint density at radius 2 is 1.60 bits per heavy atom. The first-order valence-electron chi connectivity index (χ1n) is 15.8. The Labute approximate surface area is 242 Å². The Kier molecular flexibility index (Phi) is 16.2. The van der Waals surface area contributed by atoms with Crippen LogP contribution in [0.25, 0.3) is 0 Å². The number of carbonyl (C=O) groups excluding carboxylic acids is 4. The number of nitrogens with two attached hydrogens (primary N) is 1. The van der Waals surface area contributed by atoms with Crippen LogP contribution < -0.4 is 16.4 Å². The van der Waals surface area contributed by atoms with Gasteiger partial charge in [-0.15, -0.1) is 0 Å². The van der Waals surface area contributed by atoms with Crippen LogP contribution in [0.4, 0.5) is 0 Å². The van der Waals surface area contributed by atoms with Gasteiger partial charge in [0.15, 0.2) is 0 Å². The molecule has 0 aromatic rings. The molecule has 3 atom stereocenters. The van der Waals surface area contributed by atoms with E-state index >= 15 is 0 Å². The molecule has 0 bridgehead atoms. The van der Waals surface area contributed by atoms with Crippen LogP contribution in [0.1, 0.15) is 97.3 Å². The molecule has 2 saturated heterocycles. The second kappa shape index (κ2) is 19.0. The van der Waals surface area contributed by atoms with Gasteiger partial charge in [0.05, 0.1) is 0 Å². The maximum absolute atomic E-state index is 13.4. The predicted molar refractivity (Wildman–Crippen MR) is 158 cm³/mol. The van der Waals surface area contributed by atoms with Gasteiger partial charge in [0.25, 0.3) is 0 Å². The van der Waals surface area contributed by atoms with Crippen LogP contribution in [0, 0.1) is 5.92 Å². The Bertz CT molecular complexity index is 788. The van der Waals surface area contributed by atoms with Gasteiger partial charge in [-0.3, -0.25) is 19.2 Å². The minimum Gasteiger partial charge on any atom is -0.354 e. The van der Waals surface area contributed by atoms with Crippen LogP contribution in [0.15, 0.2) is 0 Å². The van der Waals surface area contributed by atoms with E-state index in [1.54, 1.807) is 11.9 Å². The van der Waals surface area contributed by atoms with E-state index in [4.69, 9.17) is 5.73 Å². The maximum atomic E-state index is 13.4. The van der Waals surface area contributed by atoms with Gasteiger partial charge in [-0.1, -0.05) is 58.8 Å². The first-order valence-corrected chi connectivity index (χ1v) is 15.8. The molecule has 0 aromatic carbocycles. The van der Waals surface area contributed by atoms with Crippen molar-refractivity contribution in [1.82, 2.24) is 25.3 Å². The predicted octanol–water partition coefficient (Wildman–Crippen LogP) is 2.26. The van der Waals surface area contributed by atoms with E-state index in [2.05, 4.69) is 10.6 Å². The lowest BCUT2D eigenvalue weighted by Crippen LogP contribution is -2.64. The van der Waals surface area contributed by atoms with Crippen molar-refractivity contribution >= 4 is 23.6 Å². The highest BCUT2D eigenvalue weighted by atomic mass is 16.2. The molecule has 2 fully saturated rings. The molecule has 4 N–H and O–H groups in total. The standard InChI is InChI=1S/C30H56N6O4/c1-4-24(2)28-30(40)36(23-27(38)34(28)3)25(15-12-13-17-31)29(39)33-18-14-10-8-6-5-7-9-11-16-26(37)35-21-19-32-20-22-35/h24-25,28,32H,4-23,31H2,1-3H3,(H,33,39)/t24-,25-,28?/m0/s1. The summed E-state index contributed by atoms with van der Waals surface area (Å²) in [7, 11) is 1.69. The molecule has 0 saturated carbocycles. The first kappa shape index (κ1) is 34.0. The number of hydrogen-bond acceptors (Lipinski definition) is 6. The van der Waals surface area contributed by atoms with E-state index in [0.29, 0.717) is 31.8 Å². The second-order valence-corrected chi connectivity index (χ2v) is 11.6. The maximum Gasteiger partial charge on any atom is 0.246 e. The van der Waals surface area contributed by atoms with Crippen molar-refractivity contribution in [3.63, 3.8) is 0 Å². The van der Waals surface area contributed by atoms with Gasteiger partial charge in [0, 0.05) is 46.2 Å². The fourth-order valence-electron chi connectivity index (χ4n) is 5.71. The zero-order valence-electron chi connectivity index (χ0n) is 25.4. The number of amides is 4. The molecular formula is C30H56N6O4. The molecule has 2 rings (SSSR count). The number of piperazine rings is 2. The molecule has 1 unspecified atom stereocenters. The number of nitrogens with one attached hydrogen (secondary N) is 2. The monoisotopic (exact) mass is 564 g/mol. The van der Waals surface area contributed by atoms with Crippen LogP contribution >= 0.6 is 0 Å². The van der Waals surface area contributed by atoms with Crippen LogP contribution in [-0.4, -0.2) is 103 Å². The molecule has 2 aliphatic heterocycles. The number of nitrogens with zero attached hydrogens (tertiary/aromatic N) is 3. The Hall–Kier alpha value is -2.20. The Morgan fingerprint density at radius 1 is 0.975 bits per heavy atom. The quantitative estimate of drug-likeness (QED) is 0.207. The van der Waals surface area contributed by atoms with Gasteiger partial charge in [0.2, 0.25) is 23.6 Å². The molecule has 230 valence electrons. The molecule has 0 spiro atoms. The molecule has 0 aromatic heterocycles. The van der Waals surface area contributed by atoms with Crippen molar-refractivity contribution in [2.24, 2.45) is 11.7 Å². The third-order valence-electron chi connectivity index (χ3n) is 8.53. The SMILES string of the molecule is CC[C@H](C)C1C(=O)N([C@@H](CCCCN)C(=O)NCCCCCCCCCCC(=O)N2CCNCC2)CC(=O)N1C. The van der Waals surface area contributed by atoms with Gasteiger partial charge in [-0.25, -0.2) is 0 Å². The van der Waals surface area contributed by atoms with E-state index < -0.39 is 12.1 Å². The van der Waals surface area contributed by atoms with E-state index in [9.17, 15) is 19.2 Å². The minimum absolute atomic E-state index is 0.0248. The highest BCUT2D eigenvalue weighted by Gasteiger charge is 2.43. The largest absolute Gasteiger partial charge is 0.354 e. The highest BCUT2D eigenvalue weighted by Crippen LogP contribution is 2.24. The molecule has 10 nitrogen and oxygen atoms in total. The zero-order chi connectivity index (χ0) is 29.3. The van der Waals surface area contributed by atoms with Crippen molar-refractivity contribution in [2.75, 3.05) is 52.9 Å². The molecule has 40 heavy (non-hydrogen) atoms. The van der Waals surface area contributed by atoms with E-state index in [-0.39, 0.29) is 30.2 Å². The summed E-state index contributed by atoms with van der Waals surface area (Å²) in [5, 5.41) is 6.32. The average molecular weight is 565 g/mol. The number of rotatable bonds is 19. The molecule has 10 heteroatoms. The number of likely N-dealkylation sites (N-methyl/N-ethyl adjacent to an activating group) is 1. The highest BCUT2D eigenvalue weighted by molar-refractivity contribution is 5.98. The van der Waals surface area contributed by atoms with Gasteiger partial charge in [-0.05, 0) is 44.6 Å². The molecule has 4 amide bonds. The molecule has 2 heterocycles. The summed E-state index contributed by atoms with van der Waals surface area (Å²) in [5.41, 5.74) is 5.67. The lowest BCUT2D eigenvalue weighted by Gasteiger charge is -2.43. The Balaban J connectivity index is 1.66. The van der Waals surface area contributed by atoms with Gasteiger partial charge < -0.3 is 31.1 Å². The van der Waals surface area contributed by atoms with E-state index in [1.165, 1.54) is 11.3 Å². The van der Waals surface area contributed by atoms with Crippen molar-refractivity contribution in [3.05, 3.63) is 0 Å². The number of carbonyl (C=O) groups is 4. The smallest absolute Gasteiger partial charge is 0.246 e. The third-order valence-corrected chi connectivity index (χ3v) is 8.53. The summed E-state index contributed by atoms with van der Waals surface area (Å²) in [6.45, 7) is 8.53. The lowest BCUT2D eigenvalue weighted by molar-refractivity contribution is -0.161. The van der Waals surface area contributed by atoms with Crippen LogP contribution in [0.5, 0.6) is 0 Å². The fraction of sp³-hybridized carbons (Fsp3) is 0.867. The second-order valence-electron chi connectivity index (χ2n) is 11.6. The average Bonchev–Trinajstić information content (AvgIpc) is 2.96. The van der Waals surface area contributed by atoms with Gasteiger partial charge in [0.1, 0.15) is 18.6 Å². The third kappa shape index (κ3) is 11.0. The summed E-state index contributed by atoms with van der Waals surface area (Å²) in [5.74, 6) is -0.0907. The topological polar surface area (TPSA) is 128 Å². The first-order chi connectivity index (χ1) is 19.3. The van der Waals surface area contributed by atoms with Gasteiger partial charge in [-0.2, -0.15) is 0 Å². The summed E-state index contributed by atoms with van der Waals surface area (Å²) in [4.78, 5) is 56.6. The van der Waals surface area contributed by atoms with Crippen LogP contribution in [-0.2, 0) is 19.2 Å². The lowest BCUT2D eigenvalue weighted by atomic mass is 9.93. The van der Waals surface area contributed by atoms with E-state index in [1.807, 2.05) is 18.7 Å². The normalized spacial score (nSPS) is 19.6. The minimum atomic E-state index is -0.637. The van der Waals surface area contributed by atoms with Crippen molar-refractivity contribution in [3.8, 4) is 0 Å². The molecule has 2 aliphatic rings. The number of unbranched alkanes of at least 4 members (excludes halogenated alkanes) is 8. The summed E-state index contributed by atoms with van der Waals surface area (Å²) >= 11 is 0. The molecule has 0 radical (unpaired) electrons. The molecule has 0 aliphatic carbocycles. The summed E-state index contributed by atoms with van der Waals surface area (Å²) < 4.78 is 0. The van der Waals surface area contributed by atoms with Crippen molar-refractivity contribution in [1.29, 1.82) is 0 Å². The van der Waals surface area contributed by atoms with Crippen LogP contribution in [0.2, 0.25) is 0 Å². The Morgan fingerprint density at radius 3 is 2.23 bits per heavy atom. The molecular weight excluding hydrogens is 508 g/mol. The summed E-state index contributed by atoms with van der Waals surface area (Å²) in [6.07, 6.45) is 12.1. The van der Waals surface area contributed by atoms with Crippen molar-refractivity contribution in [2.45, 2.75) is 109 Å². The summed E-state index contributed by atoms with van der Waals surface area (Å²) in [6, 6.07) is -1.16.